The molecular formula is C2H7KMnNO5. The Morgan fingerprint density at radius 3 is 1.50 bits per heavy atom. The summed E-state index contributed by atoms with van der Waals surface area (Å²) in [5.74, 6) is 0. The Kier molecular flexibility index (Phi) is 18.3. The summed E-state index contributed by atoms with van der Waals surface area (Å²) in [6.07, 6.45) is 0. The summed E-state index contributed by atoms with van der Waals surface area (Å²) < 4.78 is 34.3. The van der Waals surface area contributed by atoms with E-state index in [1.807, 2.05) is 0 Å². The SMILES string of the molecule is NCCO.[K+].[O]=[Mn](=[O])(=[O])[O-]. The molecule has 0 atom stereocenters. The topological polar surface area (TPSA) is 121 Å². The fraction of sp³-hybridized carbons (Fsp3) is 1.00. The van der Waals surface area contributed by atoms with Gasteiger partial charge in [0, 0.05) is 6.54 Å². The Balaban J connectivity index is -0.0000000910. The molecule has 0 rings (SSSR count). The van der Waals surface area contributed by atoms with Crippen molar-refractivity contribution in [3.05, 3.63) is 0 Å². The Labute approximate surface area is 102 Å². The molecule has 0 bridgehead atoms. The number of nitrogens with two attached hydrogens (primary N) is 1. The van der Waals surface area contributed by atoms with Crippen molar-refractivity contribution in [3.63, 3.8) is 0 Å². The van der Waals surface area contributed by atoms with Crippen LogP contribution >= 0.6 is 0 Å². The molecule has 0 amide bonds. The standard InChI is InChI=1S/C2H7NO.K.Mn.4O/c3-1-2-4;;;;;;/h4H,1-3H2;;;;;;/q;+1;;;;;-1. The van der Waals surface area contributed by atoms with Gasteiger partial charge in [-0.2, -0.15) is 0 Å². The molecule has 58 valence electrons. The van der Waals surface area contributed by atoms with E-state index in [2.05, 4.69) is 0 Å². The number of aliphatic hydroxyl groups excluding tert-OH is 1. The molecule has 0 fully saturated rings. The van der Waals surface area contributed by atoms with Gasteiger partial charge < -0.3 is 10.8 Å². The maximum absolute atomic E-state index is 8.58. The van der Waals surface area contributed by atoms with Gasteiger partial charge in [0.2, 0.25) is 0 Å². The Morgan fingerprint density at radius 1 is 1.40 bits per heavy atom. The summed E-state index contributed by atoms with van der Waals surface area (Å²) in [6, 6.07) is 0. The van der Waals surface area contributed by atoms with Gasteiger partial charge in [-0.15, -0.1) is 0 Å². The summed E-state index contributed by atoms with van der Waals surface area (Å²) in [5, 5.41) is 7.75. The van der Waals surface area contributed by atoms with E-state index in [-0.39, 0.29) is 58.0 Å². The van der Waals surface area contributed by atoms with Crippen LogP contribution in [0.15, 0.2) is 0 Å². The molecule has 0 radical (unpaired) electrons. The predicted molar refractivity (Wildman–Crippen MR) is 18.2 cm³/mol. The molecule has 0 aromatic rings. The van der Waals surface area contributed by atoms with Crippen molar-refractivity contribution in [1.82, 2.24) is 0 Å². The first-order chi connectivity index (χ1) is 3.91. The third kappa shape index (κ3) is 113. The van der Waals surface area contributed by atoms with Crippen molar-refractivity contribution in [2.75, 3.05) is 13.2 Å². The zero-order chi connectivity index (χ0) is 7.91. The van der Waals surface area contributed by atoms with Gasteiger partial charge in [-0.05, 0) is 0 Å². The molecule has 10 heavy (non-hydrogen) atoms. The quantitative estimate of drug-likeness (QED) is 0.424. The summed E-state index contributed by atoms with van der Waals surface area (Å²) in [4.78, 5) is 0. The van der Waals surface area contributed by atoms with Gasteiger partial charge in [-0.1, -0.05) is 0 Å². The molecule has 0 spiro atoms. The predicted octanol–water partition coefficient (Wildman–Crippen LogP) is -5.61. The fourth-order valence-electron chi connectivity index (χ4n) is 0. The van der Waals surface area contributed by atoms with Gasteiger partial charge >= 0.3 is 80.0 Å². The molecule has 0 saturated heterocycles. The van der Waals surface area contributed by atoms with Crippen molar-refractivity contribution in [2.24, 2.45) is 5.73 Å². The zero-order valence-corrected chi connectivity index (χ0v) is 9.75. The summed E-state index contributed by atoms with van der Waals surface area (Å²) in [6.45, 7) is 0.472. The first-order valence-electron chi connectivity index (χ1n) is 1.84. The van der Waals surface area contributed by atoms with Crippen LogP contribution in [-0.2, 0) is 24.5 Å². The van der Waals surface area contributed by atoms with Crippen molar-refractivity contribution >= 4 is 0 Å². The van der Waals surface area contributed by atoms with E-state index < -0.39 is 13.0 Å². The summed E-state index contributed by atoms with van der Waals surface area (Å²) in [5.41, 5.74) is 4.78. The number of hydrogen-bond acceptors (Lipinski definition) is 6. The minimum absolute atomic E-state index is 0. The van der Waals surface area contributed by atoms with Crippen LogP contribution in [0.3, 0.4) is 0 Å². The van der Waals surface area contributed by atoms with E-state index in [0.717, 1.165) is 0 Å². The summed E-state index contributed by atoms with van der Waals surface area (Å²) in [7, 11) is 0. The molecular weight excluding hydrogens is 212 g/mol. The van der Waals surface area contributed by atoms with Crippen molar-refractivity contribution in [3.8, 4) is 0 Å². The molecule has 3 N–H and O–H groups in total. The Morgan fingerprint density at radius 2 is 1.50 bits per heavy atom. The van der Waals surface area contributed by atoms with Crippen LogP contribution in [0.25, 0.3) is 0 Å². The van der Waals surface area contributed by atoms with Crippen LogP contribution in [0.4, 0.5) is 0 Å². The van der Waals surface area contributed by atoms with Crippen LogP contribution in [-0.4, -0.2) is 18.3 Å². The minimum atomic E-state index is -5.62. The second-order valence-corrected chi connectivity index (χ2v) is 2.07. The number of hydrogen-bond donors (Lipinski definition) is 2. The maximum atomic E-state index is 8.58. The zero-order valence-electron chi connectivity index (χ0n) is 5.45. The average molecular weight is 219 g/mol. The van der Waals surface area contributed by atoms with E-state index in [0.29, 0.717) is 6.54 Å². The second-order valence-electron chi connectivity index (χ2n) is 0.890. The fourth-order valence-corrected chi connectivity index (χ4v) is 0. The average Bonchev–Trinajstić information content (AvgIpc) is 1.61. The molecule has 0 saturated carbocycles. The third-order valence-corrected chi connectivity index (χ3v) is 0.129. The van der Waals surface area contributed by atoms with Gasteiger partial charge in [0.05, 0.1) is 6.61 Å². The van der Waals surface area contributed by atoms with Gasteiger partial charge in [0.1, 0.15) is 0 Å². The van der Waals surface area contributed by atoms with Crippen LogP contribution in [0.5, 0.6) is 0 Å². The molecule has 0 heterocycles. The number of aliphatic hydroxyl groups is 1. The van der Waals surface area contributed by atoms with Gasteiger partial charge in [-0.25, -0.2) is 0 Å². The van der Waals surface area contributed by atoms with Gasteiger partial charge in [0.15, 0.2) is 0 Å². The van der Waals surface area contributed by atoms with Crippen LogP contribution in [0.1, 0.15) is 0 Å². The molecule has 0 aliphatic carbocycles. The first kappa shape index (κ1) is 17.5. The van der Waals surface area contributed by atoms with Crippen molar-refractivity contribution in [1.29, 1.82) is 0 Å². The molecule has 0 aliphatic heterocycles. The van der Waals surface area contributed by atoms with Crippen LogP contribution in [0.2, 0.25) is 0 Å². The van der Waals surface area contributed by atoms with E-state index >= 15 is 0 Å². The van der Waals surface area contributed by atoms with E-state index in [9.17, 15) is 0 Å². The third-order valence-electron chi connectivity index (χ3n) is 0.129. The molecule has 8 heteroatoms. The van der Waals surface area contributed by atoms with Gasteiger partial charge in [0.25, 0.3) is 0 Å². The molecule has 0 aliphatic rings. The molecule has 0 aromatic carbocycles. The van der Waals surface area contributed by atoms with E-state index in [4.69, 9.17) is 26.5 Å². The molecule has 0 unspecified atom stereocenters. The van der Waals surface area contributed by atoms with Crippen molar-refractivity contribution < 1.29 is 85.2 Å². The first-order valence-corrected chi connectivity index (χ1v) is 3.77. The Bertz CT molecular complexity index is 162. The second kappa shape index (κ2) is 10.4. The summed E-state index contributed by atoms with van der Waals surface area (Å²) >= 11 is -5.62. The van der Waals surface area contributed by atoms with Gasteiger partial charge in [-0.3, -0.25) is 0 Å². The molecule has 6 nitrogen and oxygen atoms in total. The Hall–Kier alpha value is 1.44. The molecule has 0 aromatic heterocycles. The van der Waals surface area contributed by atoms with Crippen molar-refractivity contribution in [2.45, 2.75) is 0 Å². The number of rotatable bonds is 1. The van der Waals surface area contributed by atoms with Crippen LogP contribution < -0.4 is 61.3 Å². The normalized spacial score (nSPS) is 8.70. The van der Waals surface area contributed by atoms with Crippen LogP contribution in [0, 0.1) is 0 Å². The van der Waals surface area contributed by atoms with E-state index in [1.165, 1.54) is 0 Å². The monoisotopic (exact) mass is 219 g/mol. The van der Waals surface area contributed by atoms with E-state index in [1.54, 1.807) is 0 Å².